The predicted molar refractivity (Wildman–Crippen MR) is 136 cm³/mol. The highest BCUT2D eigenvalue weighted by atomic mass is 16.2. The quantitative estimate of drug-likeness (QED) is 0.402. The zero-order chi connectivity index (χ0) is 25.1. The van der Waals surface area contributed by atoms with E-state index in [1.54, 1.807) is 11.2 Å². The van der Waals surface area contributed by atoms with Crippen molar-refractivity contribution in [2.45, 2.75) is 32.7 Å². The second-order valence-electron chi connectivity index (χ2n) is 8.80. The Hall–Kier alpha value is -4.27. The number of fused-ring (bicyclic) bond motifs is 1. The fourth-order valence-corrected chi connectivity index (χ4v) is 4.78. The summed E-state index contributed by atoms with van der Waals surface area (Å²) in [5, 5.41) is 13.2. The average molecular weight is 484 g/mol. The standard InChI is InChI=1S/C27H29N7O2/c1-3-33(20-10-6-4-7-11-20)25(36)15-14-24(35)32-17-16-23-22(18-32)26(30-31(23)2)27-29-28-19-34(27)21-12-8-5-9-13-21/h4-13,19H,3,14-18H2,1-2H3. The van der Waals surface area contributed by atoms with Crippen LogP contribution in [0.15, 0.2) is 67.0 Å². The summed E-state index contributed by atoms with van der Waals surface area (Å²) in [5.74, 6) is 0.564. The summed E-state index contributed by atoms with van der Waals surface area (Å²) in [6.45, 7) is 3.53. The fraction of sp³-hybridized carbons (Fsp3) is 0.296. The molecule has 0 N–H and O–H groups in total. The third-order valence-electron chi connectivity index (χ3n) is 6.63. The topological polar surface area (TPSA) is 89.2 Å². The number of amides is 2. The maximum atomic E-state index is 13.1. The third-order valence-corrected chi connectivity index (χ3v) is 6.63. The Morgan fingerprint density at radius 2 is 1.72 bits per heavy atom. The van der Waals surface area contributed by atoms with Crippen LogP contribution in [0, 0.1) is 0 Å². The second kappa shape index (κ2) is 10.2. The van der Waals surface area contributed by atoms with E-state index in [2.05, 4.69) is 10.2 Å². The highest BCUT2D eigenvalue weighted by Gasteiger charge is 2.29. The fourth-order valence-electron chi connectivity index (χ4n) is 4.78. The molecule has 0 saturated heterocycles. The van der Waals surface area contributed by atoms with Crippen LogP contribution >= 0.6 is 0 Å². The number of benzene rings is 2. The van der Waals surface area contributed by atoms with Crippen LogP contribution in [0.5, 0.6) is 0 Å². The lowest BCUT2D eigenvalue weighted by Gasteiger charge is -2.28. The molecule has 0 unspecified atom stereocenters. The number of hydrogen-bond donors (Lipinski definition) is 0. The van der Waals surface area contributed by atoms with Crippen LogP contribution in [0.3, 0.4) is 0 Å². The summed E-state index contributed by atoms with van der Waals surface area (Å²) < 4.78 is 3.78. The summed E-state index contributed by atoms with van der Waals surface area (Å²) in [5.41, 5.74) is 4.59. The van der Waals surface area contributed by atoms with Gasteiger partial charge in [-0.25, -0.2) is 0 Å². The van der Waals surface area contributed by atoms with E-state index >= 15 is 0 Å². The maximum Gasteiger partial charge on any atom is 0.227 e. The number of aromatic nitrogens is 5. The summed E-state index contributed by atoms with van der Waals surface area (Å²) in [7, 11) is 1.92. The lowest BCUT2D eigenvalue weighted by atomic mass is 10.0. The number of para-hydroxylation sites is 2. The van der Waals surface area contributed by atoms with Gasteiger partial charge in [0.2, 0.25) is 11.8 Å². The van der Waals surface area contributed by atoms with Crippen molar-refractivity contribution in [2.75, 3.05) is 18.0 Å². The molecule has 1 aliphatic rings. The van der Waals surface area contributed by atoms with Crippen LogP contribution in [0.4, 0.5) is 5.69 Å². The normalized spacial score (nSPS) is 12.9. The predicted octanol–water partition coefficient (Wildman–Crippen LogP) is 3.39. The Morgan fingerprint density at radius 1 is 1.00 bits per heavy atom. The van der Waals surface area contributed by atoms with Gasteiger partial charge in [-0.05, 0) is 31.2 Å². The van der Waals surface area contributed by atoms with E-state index in [1.807, 2.05) is 88.8 Å². The van der Waals surface area contributed by atoms with Crippen molar-refractivity contribution in [2.24, 2.45) is 7.05 Å². The molecular weight excluding hydrogens is 454 g/mol. The first-order valence-corrected chi connectivity index (χ1v) is 12.2. The highest BCUT2D eigenvalue weighted by Crippen LogP contribution is 2.30. The molecule has 2 amide bonds. The van der Waals surface area contributed by atoms with Gasteiger partial charge in [0.1, 0.15) is 12.0 Å². The minimum atomic E-state index is -0.0484. The Balaban J connectivity index is 1.31. The third kappa shape index (κ3) is 4.51. The van der Waals surface area contributed by atoms with Gasteiger partial charge in [-0.2, -0.15) is 5.10 Å². The van der Waals surface area contributed by atoms with Gasteiger partial charge in [0, 0.05) is 68.6 Å². The van der Waals surface area contributed by atoms with Crippen LogP contribution in [0.1, 0.15) is 31.0 Å². The number of anilines is 1. The Morgan fingerprint density at radius 3 is 2.44 bits per heavy atom. The molecule has 36 heavy (non-hydrogen) atoms. The maximum absolute atomic E-state index is 13.1. The average Bonchev–Trinajstić information content (AvgIpc) is 3.53. The summed E-state index contributed by atoms with van der Waals surface area (Å²) in [6, 6.07) is 19.4. The van der Waals surface area contributed by atoms with Gasteiger partial charge in [0.25, 0.3) is 0 Å². The van der Waals surface area contributed by atoms with E-state index in [0.29, 0.717) is 31.9 Å². The Labute approximate surface area is 210 Å². The number of aryl methyl sites for hydroxylation is 1. The zero-order valence-electron chi connectivity index (χ0n) is 20.5. The molecule has 0 saturated carbocycles. The van der Waals surface area contributed by atoms with Gasteiger partial charge in [0.05, 0.1) is 0 Å². The SMILES string of the molecule is CCN(C(=O)CCC(=O)N1CCc2c(c(-c3nncn3-c3ccccc3)nn2C)C1)c1ccccc1. The van der Waals surface area contributed by atoms with E-state index in [9.17, 15) is 9.59 Å². The smallest absolute Gasteiger partial charge is 0.227 e. The molecule has 0 spiro atoms. The molecule has 4 aromatic rings. The van der Waals surface area contributed by atoms with Crippen LogP contribution in [-0.2, 0) is 29.6 Å². The monoisotopic (exact) mass is 483 g/mol. The lowest BCUT2D eigenvalue weighted by Crippen LogP contribution is -2.37. The van der Waals surface area contributed by atoms with Crippen LogP contribution in [0.25, 0.3) is 17.2 Å². The van der Waals surface area contributed by atoms with Crippen LogP contribution in [0.2, 0.25) is 0 Å². The molecule has 9 nitrogen and oxygen atoms in total. The first kappa shape index (κ1) is 23.5. The molecular formula is C27H29N7O2. The number of rotatable bonds is 7. The van der Waals surface area contributed by atoms with E-state index in [1.165, 1.54) is 0 Å². The number of carbonyl (C=O) groups is 2. The Bertz CT molecular complexity index is 1360. The van der Waals surface area contributed by atoms with Gasteiger partial charge < -0.3 is 9.80 Å². The summed E-state index contributed by atoms with van der Waals surface area (Å²) in [4.78, 5) is 29.6. The van der Waals surface area contributed by atoms with Crippen molar-refractivity contribution in [3.63, 3.8) is 0 Å². The van der Waals surface area contributed by atoms with Gasteiger partial charge in [-0.3, -0.25) is 18.8 Å². The first-order valence-electron chi connectivity index (χ1n) is 12.2. The second-order valence-corrected chi connectivity index (χ2v) is 8.80. The van der Waals surface area contributed by atoms with Crippen LogP contribution < -0.4 is 4.90 Å². The van der Waals surface area contributed by atoms with E-state index in [4.69, 9.17) is 5.10 Å². The van der Waals surface area contributed by atoms with Crippen molar-refractivity contribution >= 4 is 17.5 Å². The molecule has 0 aliphatic carbocycles. The van der Waals surface area contributed by atoms with E-state index in [0.717, 1.165) is 28.3 Å². The number of nitrogens with zero attached hydrogens (tertiary/aromatic N) is 7. The molecule has 0 atom stereocenters. The molecule has 0 fully saturated rings. The van der Waals surface area contributed by atoms with Crippen molar-refractivity contribution in [1.29, 1.82) is 0 Å². The zero-order valence-corrected chi connectivity index (χ0v) is 20.5. The van der Waals surface area contributed by atoms with Crippen molar-refractivity contribution in [1.82, 2.24) is 29.4 Å². The number of hydrogen-bond acceptors (Lipinski definition) is 5. The minimum Gasteiger partial charge on any atom is -0.338 e. The van der Waals surface area contributed by atoms with Crippen LogP contribution in [-0.4, -0.2) is 54.3 Å². The van der Waals surface area contributed by atoms with E-state index < -0.39 is 0 Å². The first-order chi connectivity index (χ1) is 17.6. The molecule has 5 rings (SSSR count). The van der Waals surface area contributed by atoms with Gasteiger partial charge >= 0.3 is 0 Å². The highest BCUT2D eigenvalue weighted by molar-refractivity contribution is 5.95. The van der Waals surface area contributed by atoms with Crippen molar-refractivity contribution < 1.29 is 9.59 Å². The summed E-state index contributed by atoms with van der Waals surface area (Å²) >= 11 is 0. The van der Waals surface area contributed by atoms with Gasteiger partial charge in [-0.1, -0.05) is 36.4 Å². The van der Waals surface area contributed by atoms with Crippen molar-refractivity contribution in [3.05, 3.63) is 78.2 Å². The van der Waals surface area contributed by atoms with E-state index in [-0.39, 0.29) is 24.7 Å². The van der Waals surface area contributed by atoms with Gasteiger partial charge in [-0.15, -0.1) is 10.2 Å². The molecule has 184 valence electrons. The largest absolute Gasteiger partial charge is 0.338 e. The summed E-state index contributed by atoms with van der Waals surface area (Å²) in [6.07, 6.45) is 2.72. The number of carbonyl (C=O) groups excluding carboxylic acids is 2. The molecule has 1 aliphatic heterocycles. The van der Waals surface area contributed by atoms with Gasteiger partial charge in [0.15, 0.2) is 5.82 Å². The minimum absolute atomic E-state index is 0.0301. The Kier molecular flexibility index (Phi) is 6.62. The lowest BCUT2D eigenvalue weighted by molar-refractivity contribution is -0.134. The molecule has 3 heterocycles. The molecule has 0 radical (unpaired) electrons. The molecule has 2 aromatic heterocycles. The molecule has 0 bridgehead atoms. The molecule has 9 heteroatoms. The van der Waals surface area contributed by atoms with Crippen molar-refractivity contribution in [3.8, 4) is 17.2 Å². The molecule has 2 aromatic carbocycles.